The smallest absolute Gasteiger partial charge is 0.236 e. The van der Waals surface area contributed by atoms with Crippen molar-refractivity contribution in [3.05, 3.63) is 24.0 Å². The number of anilines is 2. The summed E-state index contributed by atoms with van der Waals surface area (Å²) in [4.78, 5) is 12.3. The summed E-state index contributed by atoms with van der Waals surface area (Å²) in [7, 11) is 0. The van der Waals surface area contributed by atoms with Crippen molar-refractivity contribution in [2.75, 3.05) is 23.7 Å². The summed E-state index contributed by atoms with van der Waals surface area (Å²) in [5.41, 5.74) is 11.2. The minimum absolute atomic E-state index is 0.00264. The van der Waals surface area contributed by atoms with Gasteiger partial charge >= 0.3 is 0 Å². The van der Waals surface area contributed by atoms with Gasteiger partial charge in [0.25, 0.3) is 0 Å². The van der Waals surface area contributed by atoms with Crippen LogP contribution in [0.4, 0.5) is 15.8 Å². The number of halogens is 1. The molecule has 0 fully saturated rings. The number of nitrogens with two attached hydrogens (primary N) is 2. The van der Waals surface area contributed by atoms with Crippen LogP contribution < -0.4 is 16.4 Å². The van der Waals surface area contributed by atoms with Crippen LogP contribution in [-0.4, -0.2) is 19.0 Å². The van der Waals surface area contributed by atoms with E-state index in [0.29, 0.717) is 17.9 Å². The van der Waals surface area contributed by atoms with Crippen molar-refractivity contribution in [3.63, 3.8) is 0 Å². The Morgan fingerprint density at radius 3 is 2.67 bits per heavy atom. The second kappa shape index (κ2) is 4.63. The van der Waals surface area contributed by atoms with E-state index in [9.17, 15) is 9.18 Å². The molecule has 0 aliphatic rings. The van der Waals surface area contributed by atoms with Crippen LogP contribution in [0.1, 0.15) is 6.92 Å². The first-order valence-corrected chi connectivity index (χ1v) is 4.63. The van der Waals surface area contributed by atoms with Gasteiger partial charge in [0.2, 0.25) is 5.91 Å². The van der Waals surface area contributed by atoms with Gasteiger partial charge in [0, 0.05) is 12.2 Å². The molecule has 0 atom stereocenters. The molecule has 1 amide bonds. The maximum absolute atomic E-state index is 13.5. The Morgan fingerprint density at radius 2 is 2.20 bits per heavy atom. The molecule has 5 heteroatoms. The van der Waals surface area contributed by atoms with Gasteiger partial charge in [-0.2, -0.15) is 0 Å². The number of amides is 1. The highest BCUT2D eigenvalue weighted by Crippen LogP contribution is 2.20. The van der Waals surface area contributed by atoms with E-state index in [1.165, 1.54) is 12.1 Å². The average molecular weight is 211 g/mol. The molecule has 0 saturated heterocycles. The molecule has 0 aromatic heterocycles. The van der Waals surface area contributed by atoms with Crippen molar-refractivity contribution in [1.29, 1.82) is 0 Å². The lowest BCUT2D eigenvalue weighted by molar-refractivity contribution is -0.116. The summed E-state index contributed by atoms with van der Waals surface area (Å²) >= 11 is 0. The van der Waals surface area contributed by atoms with E-state index in [1.807, 2.05) is 6.92 Å². The molecule has 0 aliphatic heterocycles. The standard InChI is InChI=1S/C10H14FN3O/c1-2-14(6-10(13)15)9-4-3-7(12)5-8(9)11/h3-5H,2,6,12H2,1H3,(H2,13,15). The van der Waals surface area contributed by atoms with E-state index < -0.39 is 11.7 Å². The largest absolute Gasteiger partial charge is 0.399 e. The number of primary amides is 1. The first kappa shape index (κ1) is 11.3. The fraction of sp³-hybridized carbons (Fsp3) is 0.300. The minimum atomic E-state index is -0.493. The van der Waals surface area contributed by atoms with Crippen LogP contribution in [0.25, 0.3) is 0 Å². The number of carbonyl (C=O) groups excluding carboxylic acids is 1. The van der Waals surface area contributed by atoms with Crippen LogP contribution >= 0.6 is 0 Å². The average Bonchev–Trinajstić information content (AvgIpc) is 2.14. The molecule has 15 heavy (non-hydrogen) atoms. The van der Waals surface area contributed by atoms with Gasteiger partial charge in [0.1, 0.15) is 5.82 Å². The van der Waals surface area contributed by atoms with E-state index in [1.54, 1.807) is 11.0 Å². The number of benzene rings is 1. The minimum Gasteiger partial charge on any atom is -0.399 e. The van der Waals surface area contributed by atoms with Crippen molar-refractivity contribution in [2.24, 2.45) is 5.73 Å². The Hall–Kier alpha value is -1.78. The Labute approximate surface area is 87.7 Å². The lowest BCUT2D eigenvalue weighted by atomic mass is 10.2. The summed E-state index contributed by atoms with van der Waals surface area (Å²) in [5.74, 6) is -0.939. The Bertz CT molecular complexity index is 368. The van der Waals surface area contributed by atoms with E-state index in [0.717, 1.165) is 0 Å². The molecule has 0 saturated carbocycles. The lowest BCUT2D eigenvalue weighted by Gasteiger charge is -2.21. The highest BCUT2D eigenvalue weighted by atomic mass is 19.1. The maximum Gasteiger partial charge on any atom is 0.236 e. The van der Waals surface area contributed by atoms with Crippen LogP contribution in [0.5, 0.6) is 0 Å². The summed E-state index contributed by atoms with van der Waals surface area (Å²) in [6.45, 7) is 2.32. The zero-order chi connectivity index (χ0) is 11.4. The number of hydrogen-bond donors (Lipinski definition) is 2. The summed E-state index contributed by atoms with van der Waals surface area (Å²) < 4.78 is 13.5. The molecule has 1 aromatic carbocycles. The second-order valence-electron chi connectivity index (χ2n) is 3.19. The van der Waals surface area contributed by atoms with Crippen LogP contribution in [0.3, 0.4) is 0 Å². The topological polar surface area (TPSA) is 72.3 Å². The van der Waals surface area contributed by atoms with Gasteiger partial charge in [-0.05, 0) is 25.1 Å². The number of rotatable bonds is 4. The quantitative estimate of drug-likeness (QED) is 0.721. The third-order valence-electron chi connectivity index (χ3n) is 2.04. The molecule has 1 rings (SSSR count). The molecule has 82 valence electrons. The number of hydrogen-bond acceptors (Lipinski definition) is 3. The number of nitrogen functional groups attached to an aromatic ring is 1. The van der Waals surface area contributed by atoms with Crippen molar-refractivity contribution >= 4 is 17.3 Å². The second-order valence-corrected chi connectivity index (χ2v) is 3.19. The highest BCUT2D eigenvalue weighted by Gasteiger charge is 2.11. The van der Waals surface area contributed by atoms with Gasteiger partial charge in [0.05, 0.1) is 12.2 Å². The molecular weight excluding hydrogens is 197 g/mol. The van der Waals surface area contributed by atoms with E-state index in [-0.39, 0.29) is 6.54 Å². The fourth-order valence-electron chi connectivity index (χ4n) is 1.34. The Balaban J connectivity index is 2.96. The molecule has 0 spiro atoms. The fourth-order valence-corrected chi connectivity index (χ4v) is 1.34. The number of nitrogens with zero attached hydrogens (tertiary/aromatic N) is 1. The maximum atomic E-state index is 13.5. The van der Waals surface area contributed by atoms with Gasteiger partial charge in [-0.25, -0.2) is 4.39 Å². The van der Waals surface area contributed by atoms with Crippen molar-refractivity contribution < 1.29 is 9.18 Å². The first-order valence-electron chi connectivity index (χ1n) is 4.63. The highest BCUT2D eigenvalue weighted by molar-refractivity contribution is 5.79. The molecular formula is C10H14FN3O. The van der Waals surface area contributed by atoms with Crippen LogP contribution in [0, 0.1) is 5.82 Å². The normalized spacial score (nSPS) is 10.0. The molecule has 1 aromatic rings. The van der Waals surface area contributed by atoms with Gasteiger partial charge in [-0.15, -0.1) is 0 Å². The molecule has 0 radical (unpaired) electrons. The van der Waals surface area contributed by atoms with Crippen LogP contribution in [-0.2, 0) is 4.79 Å². The van der Waals surface area contributed by atoms with Crippen LogP contribution in [0.2, 0.25) is 0 Å². The summed E-state index contributed by atoms with van der Waals surface area (Å²) in [6, 6.07) is 4.35. The van der Waals surface area contributed by atoms with Crippen LogP contribution in [0.15, 0.2) is 18.2 Å². The van der Waals surface area contributed by atoms with Gasteiger partial charge < -0.3 is 16.4 Å². The Morgan fingerprint density at radius 1 is 1.53 bits per heavy atom. The van der Waals surface area contributed by atoms with Crippen molar-refractivity contribution in [1.82, 2.24) is 0 Å². The Kier molecular flexibility index (Phi) is 3.49. The third-order valence-corrected chi connectivity index (χ3v) is 2.04. The molecule has 0 unspecified atom stereocenters. The monoisotopic (exact) mass is 211 g/mol. The summed E-state index contributed by atoms with van der Waals surface area (Å²) in [6.07, 6.45) is 0. The first-order chi connectivity index (χ1) is 7.04. The van der Waals surface area contributed by atoms with E-state index >= 15 is 0 Å². The van der Waals surface area contributed by atoms with Gasteiger partial charge in [-0.1, -0.05) is 0 Å². The summed E-state index contributed by atoms with van der Waals surface area (Å²) in [5, 5.41) is 0. The van der Waals surface area contributed by atoms with Crippen molar-refractivity contribution in [2.45, 2.75) is 6.92 Å². The van der Waals surface area contributed by atoms with E-state index in [2.05, 4.69) is 0 Å². The predicted octanol–water partition coefficient (Wildman–Crippen LogP) is 0.719. The van der Waals surface area contributed by atoms with Gasteiger partial charge in [0.15, 0.2) is 0 Å². The number of likely N-dealkylation sites (N-methyl/N-ethyl adjacent to an activating group) is 1. The molecule has 0 bridgehead atoms. The molecule has 0 aliphatic carbocycles. The zero-order valence-electron chi connectivity index (χ0n) is 8.53. The van der Waals surface area contributed by atoms with Crippen molar-refractivity contribution in [3.8, 4) is 0 Å². The van der Waals surface area contributed by atoms with E-state index in [4.69, 9.17) is 11.5 Å². The van der Waals surface area contributed by atoms with Gasteiger partial charge in [-0.3, -0.25) is 4.79 Å². The lowest BCUT2D eigenvalue weighted by Crippen LogP contribution is -2.34. The molecule has 0 heterocycles. The molecule has 4 nitrogen and oxygen atoms in total. The number of carbonyl (C=O) groups is 1. The molecule has 4 N–H and O–H groups in total. The predicted molar refractivity (Wildman–Crippen MR) is 57.9 cm³/mol. The third kappa shape index (κ3) is 2.83. The SMILES string of the molecule is CCN(CC(N)=O)c1ccc(N)cc1F. The zero-order valence-corrected chi connectivity index (χ0v) is 8.53.